The molecule has 0 fully saturated rings. The summed E-state index contributed by atoms with van der Waals surface area (Å²) < 4.78 is 8.12. The Labute approximate surface area is 299 Å². The number of carbonyl (C=O) groups excluding carboxylic acids is 1. The molecule has 47 heavy (non-hydrogen) atoms. The first-order valence-electron chi connectivity index (χ1n) is 17.2. The maximum absolute atomic E-state index is 11.7. The van der Waals surface area contributed by atoms with Gasteiger partial charge in [0.1, 0.15) is 0 Å². The van der Waals surface area contributed by atoms with E-state index >= 15 is 0 Å². The van der Waals surface area contributed by atoms with Gasteiger partial charge >= 0.3 is 188 Å². The minimum atomic E-state index is -1.93. The van der Waals surface area contributed by atoms with Crippen LogP contribution in [0.3, 0.4) is 0 Å². The predicted molar refractivity (Wildman–Crippen MR) is 198 cm³/mol. The molecule has 5 rings (SSSR count). The van der Waals surface area contributed by atoms with Crippen LogP contribution in [0.2, 0.25) is 17.3 Å². The van der Waals surface area contributed by atoms with Crippen molar-refractivity contribution in [2.45, 2.75) is 105 Å². The summed E-state index contributed by atoms with van der Waals surface area (Å²) in [5.74, 6) is 9.69. The van der Waals surface area contributed by atoms with Gasteiger partial charge in [-0.1, -0.05) is 27.7 Å². The third kappa shape index (κ3) is 8.96. The summed E-state index contributed by atoms with van der Waals surface area (Å²) in [5.41, 5.74) is 4.68. The zero-order valence-corrected chi connectivity index (χ0v) is 34.8. The monoisotopic (exact) mass is 875 g/mol. The van der Waals surface area contributed by atoms with E-state index in [0.717, 1.165) is 65.6 Å². The number of allylic oxidation sites excluding steroid dienone is 2. The van der Waals surface area contributed by atoms with Gasteiger partial charge in [-0.3, -0.25) is 4.79 Å². The number of nitrogens with zero attached hydrogens (tertiary/aromatic N) is 1. The fourth-order valence-corrected chi connectivity index (χ4v) is 8.87. The molecule has 3 aromatic carbocycles. The second-order valence-corrected chi connectivity index (χ2v) is 25.8. The van der Waals surface area contributed by atoms with E-state index in [1.165, 1.54) is 32.4 Å². The topological polar surface area (TPSA) is 59.4 Å². The maximum atomic E-state index is 11.7. The minimum absolute atomic E-state index is 0. The SMILES string of the molecule is CCC(CC)C(=O)/C=C(\O)C(CC)CC.Cc1c2c([c-]c3cc[c]([Ge]([CH3])([CH3])[CH3])cc13)-c1nccc3cc(CC(C)(C)C)cc(c13)O2.[Ir]. The van der Waals surface area contributed by atoms with Crippen LogP contribution in [0.5, 0.6) is 11.5 Å². The van der Waals surface area contributed by atoms with Gasteiger partial charge in [0.05, 0.1) is 5.76 Å². The smallest absolute Gasteiger partial charge is 0 e. The zero-order chi connectivity index (χ0) is 34.0. The van der Waals surface area contributed by atoms with Gasteiger partial charge in [-0.25, -0.2) is 0 Å². The van der Waals surface area contributed by atoms with Gasteiger partial charge < -0.3 is 5.11 Å². The number of pyridine rings is 1. The Balaban J connectivity index is 0.000000322. The number of fused-ring (bicyclic) bond motifs is 3. The zero-order valence-electron chi connectivity index (χ0n) is 30.4. The van der Waals surface area contributed by atoms with E-state index in [-0.39, 0.29) is 48.9 Å². The summed E-state index contributed by atoms with van der Waals surface area (Å²) in [4.78, 5) is 16.5. The summed E-state index contributed by atoms with van der Waals surface area (Å²) in [6, 6.07) is 17.2. The van der Waals surface area contributed by atoms with E-state index in [9.17, 15) is 9.90 Å². The van der Waals surface area contributed by atoms with Crippen LogP contribution >= 0.6 is 0 Å². The fraction of sp³-hybridized carbons (Fsp3) is 0.463. The number of hydrogen-bond acceptors (Lipinski definition) is 4. The number of carbonyl (C=O) groups is 1. The molecule has 0 saturated heterocycles. The quantitative estimate of drug-likeness (QED) is 0.0694. The molecule has 0 unspecified atom stereocenters. The van der Waals surface area contributed by atoms with Crippen LogP contribution in [-0.2, 0) is 31.3 Å². The van der Waals surface area contributed by atoms with Gasteiger partial charge in [0.25, 0.3) is 0 Å². The molecule has 0 aliphatic carbocycles. The van der Waals surface area contributed by atoms with Crippen molar-refractivity contribution in [3.63, 3.8) is 0 Å². The molecule has 1 aliphatic rings. The average molecular weight is 874 g/mol. The molecule has 4 aromatic rings. The Morgan fingerprint density at radius 3 is 2.19 bits per heavy atom. The molecule has 1 radical (unpaired) electrons. The van der Waals surface area contributed by atoms with Crippen molar-refractivity contribution in [3.8, 4) is 22.8 Å². The summed E-state index contributed by atoms with van der Waals surface area (Å²) >= 11 is -1.93. The first-order chi connectivity index (χ1) is 21.6. The molecule has 4 nitrogen and oxygen atoms in total. The molecule has 1 aliphatic heterocycles. The van der Waals surface area contributed by atoms with Gasteiger partial charge in [-0.15, -0.1) is 0 Å². The normalized spacial score (nSPS) is 12.8. The van der Waals surface area contributed by atoms with Crippen molar-refractivity contribution in [1.82, 2.24) is 4.98 Å². The van der Waals surface area contributed by atoms with E-state index in [1.807, 2.05) is 33.9 Å². The van der Waals surface area contributed by atoms with Gasteiger partial charge in [0.15, 0.2) is 5.78 Å². The van der Waals surface area contributed by atoms with Crippen molar-refractivity contribution in [1.29, 1.82) is 0 Å². The Morgan fingerprint density at radius 2 is 1.62 bits per heavy atom. The molecule has 2 heterocycles. The van der Waals surface area contributed by atoms with E-state index in [2.05, 4.69) is 87.4 Å². The first-order valence-corrected chi connectivity index (χ1v) is 24.5. The molecule has 1 N–H and O–H groups in total. The molecular formula is C41H54GeIrNO3-. The Bertz CT molecular complexity index is 1760. The van der Waals surface area contributed by atoms with Crippen molar-refractivity contribution in [2.24, 2.45) is 17.3 Å². The van der Waals surface area contributed by atoms with Crippen LogP contribution in [0.4, 0.5) is 0 Å². The van der Waals surface area contributed by atoms with Gasteiger partial charge in [-0.2, -0.15) is 0 Å². The van der Waals surface area contributed by atoms with Crippen LogP contribution in [0.25, 0.3) is 32.8 Å². The molecule has 0 bridgehead atoms. The molecule has 6 heteroatoms. The second kappa shape index (κ2) is 15.8. The maximum Gasteiger partial charge on any atom is 0 e. The van der Waals surface area contributed by atoms with Crippen molar-refractivity contribution in [2.75, 3.05) is 0 Å². The van der Waals surface area contributed by atoms with Crippen molar-refractivity contribution >= 4 is 45.0 Å². The number of ketones is 1. The number of hydrogen-bond donors (Lipinski definition) is 1. The molecule has 0 atom stereocenters. The summed E-state index contributed by atoms with van der Waals surface area (Å²) in [6.07, 6.45) is 7.83. The first kappa shape index (κ1) is 39.0. The van der Waals surface area contributed by atoms with Gasteiger partial charge in [-0.05, 0) is 25.7 Å². The molecule has 0 saturated carbocycles. The predicted octanol–water partition coefficient (Wildman–Crippen LogP) is 11.3. The van der Waals surface area contributed by atoms with Crippen molar-refractivity contribution in [3.05, 3.63) is 71.6 Å². The molecular weight excluding hydrogens is 819 g/mol. The largest absolute Gasteiger partial charge is 0 e. The molecule has 1 aromatic heterocycles. The summed E-state index contributed by atoms with van der Waals surface area (Å²) in [5, 5.41) is 14.4. The average Bonchev–Trinajstić information content (AvgIpc) is 2.98. The number of aliphatic hydroxyl groups excluding tert-OH is 1. The van der Waals surface area contributed by atoms with Crippen LogP contribution in [0, 0.1) is 30.2 Å². The van der Waals surface area contributed by atoms with Crippen LogP contribution in [-0.4, -0.2) is 29.1 Å². The van der Waals surface area contributed by atoms with Crippen LogP contribution < -0.4 is 9.13 Å². The number of benzene rings is 3. The number of ether oxygens (including phenoxy) is 1. The number of aryl methyl sites for hydroxylation is 1. The number of aromatic nitrogens is 1. The van der Waals surface area contributed by atoms with E-state index in [0.29, 0.717) is 0 Å². The second-order valence-electron chi connectivity index (χ2n) is 15.2. The third-order valence-corrected chi connectivity index (χ3v) is 13.6. The van der Waals surface area contributed by atoms with E-state index in [1.54, 1.807) is 0 Å². The Morgan fingerprint density at radius 1 is 0.979 bits per heavy atom. The van der Waals surface area contributed by atoms with E-state index in [4.69, 9.17) is 9.72 Å². The van der Waals surface area contributed by atoms with Crippen LogP contribution in [0.15, 0.2) is 54.4 Å². The van der Waals surface area contributed by atoms with Crippen LogP contribution in [0.1, 0.15) is 85.3 Å². The van der Waals surface area contributed by atoms with E-state index < -0.39 is 13.3 Å². The third-order valence-electron chi connectivity index (χ3n) is 9.27. The number of aliphatic hydroxyl groups is 1. The standard InChI is InChI=1S/C28H30GeNO.C13H24O2.Ir/c1-17-22-15-21(29(5,6)7)9-8-19(22)14-23-26-25-20(10-11-30-26)12-18(16-28(2,3)4)13-24(25)31-27(17)23;1-5-10(6-2)12(14)9-13(15)11(7-3)8-4;/h8-13,15H,16H2,1-7H3;9-11,14H,5-8H2,1-4H3;/q-1;;/b;12-9-;. The van der Waals surface area contributed by atoms with Gasteiger partial charge in [0.2, 0.25) is 0 Å². The molecule has 255 valence electrons. The summed E-state index contributed by atoms with van der Waals surface area (Å²) in [7, 11) is 0. The Hall–Kier alpha value is -2.47. The minimum Gasteiger partial charge on any atom is 0 e. The fourth-order valence-electron chi connectivity index (χ4n) is 6.44. The number of rotatable bonds is 9. The van der Waals surface area contributed by atoms with Crippen molar-refractivity contribution < 1.29 is 34.7 Å². The Kier molecular flexibility index (Phi) is 13.1. The summed E-state index contributed by atoms with van der Waals surface area (Å²) in [6.45, 7) is 17.1. The molecule has 0 spiro atoms. The molecule has 0 amide bonds. The van der Waals surface area contributed by atoms with Gasteiger partial charge in [0, 0.05) is 38.0 Å².